The van der Waals surface area contributed by atoms with Crippen molar-refractivity contribution >= 4 is 23.6 Å². The van der Waals surface area contributed by atoms with Crippen molar-refractivity contribution in [1.82, 2.24) is 25.5 Å². The van der Waals surface area contributed by atoms with Crippen LogP contribution in [0.2, 0.25) is 0 Å². The van der Waals surface area contributed by atoms with Crippen LogP contribution in [0.3, 0.4) is 0 Å². The van der Waals surface area contributed by atoms with Crippen LogP contribution in [0.4, 0.5) is 16.2 Å². The summed E-state index contributed by atoms with van der Waals surface area (Å²) < 4.78 is 0. The number of nitrogens with zero attached hydrogens (tertiary/aromatic N) is 6. The van der Waals surface area contributed by atoms with Crippen LogP contribution in [0.1, 0.15) is 30.5 Å². The molecule has 1 aromatic heterocycles. The molecule has 5 rings (SSSR count). The average Bonchev–Trinajstić information content (AvgIpc) is 3.47. The van der Waals surface area contributed by atoms with E-state index in [4.69, 9.17) is 0 Å². The van der Waals surface area contributed by atoms with E-state index in [1.165, 1.54) is 5.56 Å². The van der Waals surface area contributed by atoms with Crippen LogP contribution in [0, 0.1) is 0 Å². The fraction of sp³-hybridized carbons (Fsp3) is 0.286. The Hall–Kier alpha value is -3.55. The molecule has 1 atom stereocenters. The van der Waals surface area contributed by atoms with Gasteiger partial charge in [-0.15, -0.1) is 10.2 Å². The number of aliphatic imine (C=N–C) groups is 1. The molecule has 3 heterocycles. The van der Waals surface area contributed by atoms with Gasteiger partial charge in [0.2, 0.25) is 5.82 Å². The Morgan fingerprint density at radius 3 is 2.86 bits per heavy atom. The van der Waals surface area contributed by atoms with Crippen molar-refractivity contribution in [3.63, 3.8) is 0 Å². The molecule has 2 aromatic carbocycles. The minimum Gasteiger partial charge on any atom is -0.335 e. The van der Waals surface area contributed by atoms with Gasteiger partial charge in [-0.1, -0.05) is 37.3 Å². The number of tetrazole rings is 1. The summed E-state index contributed by atoms with van der Waals surface area (Å²) in [6.45, 7) is 3.39. The molecule has 0 bridgehead atoms. The molecule has 146 valence electrons. The number of carbonyl (C=O) groups is 1. The molecule has 0 radical (unpaired) electrons. The molecule has 2 amide bonds. The maximum Gasteiger partial charge on any atom is 0.322 e. The van der Waals surface area contributed by atoms with Gasteiger partial charge in [-0.3, -0.25) is 9.89 Å². The SMILES string of the molecule is CCCn1nnc(-c2ccc(C3CNC(=O)N3c3ccc4c(c3)N=CC4)cc2)n1. The zero-order valence-corrected chi connectivity index (χ0v) is 16.1. The maximum atomic E-state index is 12.6. The lowest BCUT2D eigenvalue weighted by Crippen LogP contribution is -2.29. The second kappa shape index (κ2) is 7.12. The number of aryl methyl sites for hydroxylation is 1. The van der Waals surface area contributed by atoms with Crippen molar-refractivity contribution in [3.8, 4) is 11.4 Å². The second-order valence-electron chi connectivity index (χ2n) is 7.23. The number of aromatic nitrogens is 4. The van der Waals surface area contributed by atoms with Crippen molar-refractivity contribution in [3.05, 3.63) is 53.6 Å². The number of amides is 2. The van der Waals surface area contributed by atoms with Crippen molar-refractivity contribution in [2.24, 2.45) is 4.99 Å². The molecule has 0 saturated carbocycles. The van der Waals surface area contributed by atoms with Crippen molar-refractivity contribution in [2.45, 2.75) is 32.4 Å². The number of anilines is 1. The molecule has 0 spiro atoms. The highest BCUT2D eigenvalue weighted by atomic mass is 16.2. The van der Waals surface area contributed by atoms with Gasteiger partial charge in [0.1, 0.15) is 0 Å². The highest BCUT2D eigenvalue weighted by Crippen LogP contribution is 2.35. The molecule has 1 saturated heterocycles. The second-order valence-corrected chi connectivity index (χ2v) is 7.23. The average molecular weight is 387 g/mol. The topological polar surface area (TPSA) is 88.3 Å². The molecular weight excluding hydrogens is 366 g/mol. The van der Waals surface area contributed by atoms with E-state index in [0.29, 0.717) is 12.4 Å². The minimum atomic E-state index is -0.0924. The van der Waals surface area contributed by atoms with E-state index in [1.807, 2.05) is 42.6 Å². The number of hydrogen-bond donors (Lipinski definition) is 1. The first-order valence-corrected chi connectivity index (χ1v) is 9.83. The Bertz CT molecular complexity index is 1090. The molecule has 1 unspecified atom stereocenters. The number of nitrogens with one attached hydrogen (secondary N) is 1. The van der Waals surface area contributed by atoms with Gasteiger partial charge in [0.25, 0.3) is 0 Å². The fourth-order valence-electron chi connectivity index (χ4n) is 3.81. The Labute approximate surface area is 168 Å². The van der Waals surface area contributed by atoms with E-state index in [0.717, 1.165) is 41.9 Å². The van der Waals surface area contributed by atoms with Crippen LogP contribution in [0.5, 0.6) is 0 Å². The number of benzene rings is 2. The first kappa shape index (κ1) is 17.5. The molecule has 29 heavy (non-hydrogen) atoms. The Balaban J connectivity index is 1.41. The highest BCUT2D eigenvalue weighted by molar-refractivity contribution is 5.96. The van der Waals surface area contributed by atoms with Crippen LogP contribution in [-0.2, 0) is 13.0 Å². The van der Waals surface area contributed by atoms with Gasteiger partial charge in [0, 0.05) is 30.4 Å². The Kier molecular flexibility index (Phi) is 4.31. The number of carbonyl (C=O) groups excluding carboxylic acids is 1. The summed E-state index contributed by atoms with van der Waals surface area (Å²) in [4.78, 5) is 20.4. The molecule has 1 fully saturated rings. The maximum absolute atomic E-state index is 12.6. The van der Waals surface area contributed by atoms with E-state index < -0.39 is 0 Å². The summed E-state index contributed by atoms with van der Waals surface area (Å²) in [5.41, 5.74) is 4.95. The summed E-state index contributed by atoms with van der Waals surface area (Å²) in [6, 6.07) is 13.9. The Morgan fingerprint density at radius 1 is 1.17 bits per heavy atom. The number of hydrogen-bond acceptors (Lipinski definition) is 5. The smallest absolute Gasteiger partial charge is 0.322 e. The van der Waals surface area contributed by atoms with E-state index >= 15 is 0 Å². The van der Waals surface area contributed by atoms with Gasteiger partial charge in [-0.05, 0) is 34.9 Å². The van der Waals surface area contributed by atoms with Gasteiger partial charge in [0.05, 0.1) is 18.3 Å². The van der Waals surface area contributed by atoms with Crippen molar-refractivity contribution in [1.29, 1.82) is 0 Å². The zero-order chi connectivity index (χ0) is 19.8. The minimum absolute atomic E-state index is 0.0799. The number of rotatable bonds is 5. The van der Waals surface area contributed by atoms with Crippen LogP contribution in [0.25, 0.3) is 11.4 Å². The third-order valence-corrected chi connectivity index (χ3v) is 5.30. The number of fused-ring (bicyclic) bond motifs is 1. The van der Waals surface area contributed by atoms with Gasteiger partial charge in [-0.2, -0.15) is 4.80 Å². The first-order chi connectivity index (χ1) is 14.2. The summed E-state index contributed by atoms with van der Waals surface area (Å²) in [7, 11) is 0. The molecule has 2 aliphatic rings. The summed E-state index contributed by atoms with van der Waals surface area (Å²) in [5, 5.41) is 15.6. The van der Waals surface area contributed by atoms with Gasteiger partial charge >= 0.3 is 6.03 Å². The lowest BCUT2D eigenvalue weighted by molar-refractivity contribution is 0.251. The third kappa shape index (κ3) is 3.16. The zero-order valence-electron chi connectivity index (χ0n) is 16.1. The van der Waals surface area contributed by atoms with E-state index in [1.54, 1.807) is 9.70 Å². The number of urea groups is 1. The largest absolute Gasteiger partial charge is 0.335 e. The van der Waals surface area contributed by atoms with Gasteiger partial charge in [0.15, 0.2) is 0 Å². The highest BCUT2D eigenvalue weighted by Gasteiger charge is 2.33. The summed E-state index contributed by atoms with van der Waals surface area (Å²) >= 11 is 0. The predicted octanol–water partition coefficient (Wildman–Crippen LogP) is 3.28. The van der Waals surface area contributed by atoms with E-state index in [2.05, 4.69) is 38.7 Å². The van der Waals surface area contributed by atoms with E-state index in [-0.39, 0.29) is 12.1 Å². The molecule has 0 aliphatic carbocycles. The Morgan fingerprint density at radius 2 is 2.03 bits per heavy atom. The summed E-state index contributed by atoms with van der Waals surface area (Å²) in [5.74, 6) is 0.610. The first-order valence-electron chi connectivity index (χ1n) is 9.83. The normalized spacial score (nSPS) is 17.6. The quantitative estimate of drug-likeness (QED) is 0.728. The van der Waals surface area contributed by atoms with Crippen LogP contribution in [-0.4, -0.2) is 39.0 Å². The fourth-order valence-corrected chi connectivity index (χ4v) is 3.81. The van der Waals surface area contributed by atoms with Crippen LogP contribution < -0.4 is 10.2 Å². The van der Waals surface area contributed by atoms with Gasteiger partial charge < -0.3 is 5.32 Å². The molecule has 1 N–H and O–H groups in total. The molecular formula is C21H21N7O. The monoisotopic (exact) mass is 387 g/mol. The van der Waals surface area contributed by atoms with Crippen LogP contribution >= 0.6 is 0 Å². The predicted molar refractivity (Wildman–Crippen MR) is 110 cm³/mol. The van der Waals surface area contributed by atoms with Crippen molar-refractivity contribution in [2.75, 3.05) is 11.4 Å². The standard InChI is InChI=1S/C21H21N7O/c1-2-11-27-25-20(24-26-27)16-5-3-15(4-6-16)19-13-23-21(29)28(19)17-8-7-14-9-10-22-18(14)12-17/h3-8,10,12,19H,2,9,11,13H2,1H3,(H,23,29). The molecule has 8 heteroatoms. The van der Waals surface area contributed by atoms with Crippen molar-refractivity contribution < 1.29 is 4.79 Å². The lowest BCUT2D eigenvalue weighted by atomic mass is 10.0. The van der Waals surface area contributed by atoms with E-state index in [9.17, 15) is 4.79 Å². The molecule has 2 aliphatic heterocycles. The lowest BCUT2D eigenvalue weighted by Gasteiger charge is -2.24. The van der Waals surface area contributed by atoms with Crippen LogP contribution in [0.15, 0.2) is 47.5 Å². The molecule has 8 nitrogen and oxygen atoms in total. The summed E-state index contributed by atoms with van der Waals surface area (Å²) in [6.07, 6.45) is 3.71. The molecule has 3 aromatic rings. The van der Waals surface area contributed by atoms with Gasteiger partial charge in [-0.25, -0.2) is 4.79 Å². The third-order valence-electron chi connectivity index (χ3n) is 5.30.